The highest BCUT2D eigenvalue weighted by molar-refractivity contribution is 7.87. The molecule has 10 heteroatoms. The number of hydrogen-bond acceptors (Lipinski definition) is 6. The molecule has 0 aliphatic carbocycles. The Morgan fingerprint density at radius 2 is 1.73 bits per heavy atom. The van der Waals surface area contributed by atoms with Gasteiger partial charge in [-0.1, -0.05) is 0 Å². The normalized spacial score (nSPS) is 14.6. The number of piperidine rings is 1. The van der Waals surface area contributed by atoms with Gasteiger partial charge in [-0.2, -0.15) is 8.42 Å². The first kappa shape index (κ1) is 23.6. The molecule has 5 N–H and O–H groups in total. The number of likely N-dealkylation sites (tertiary alicyclic amines) is 1. The van der Waals surface area contributed by atoms with Gasteiger partial charge in [0.1, 0.15) is 16.4 Å². The Balaban J connectivity index is 0.00000320. The smallest absolute Gasteiger partial charge is 0.339 e. The zero-order chi connectivity index (χ0) is 21.0. The minimum absolute atomic E-state index is 0. The number of guanidine groups is 1. The number of nitrogen functional groups attached to an aromatic ring is 1. The molecule has 3 rings (SSSR count). The number of halogens is 1. The van der Waals surface area contributed by atoms with Gasteiger partial charge >= 0.3 is 10.1 Å². The summed E-state index contributed by atoms with van der Waals surface area (Å²) >= 11 is 0. The lowest BCUT2D eigenvalue weighted by Gasteiger charge is -2.32. The van der Waals surface area contributed by atoms with Gasteiger partial charge in [0.2, 0.25) is 0 Å². The fraction of sp³-hybridized carbons (Fsp3) is 0.350. The average Bonchev–Trinajstić information content (AvgIpc) is 2.66. The standard InChI is InChI=1S/C20H26N4O4S.ClH/c1-14-10-17(27-13-15-6-8-24(9-7-15)20(22)23)12-18(11-14)28-29(25,26)19-4-2-16(21)3-5-19;/h2-5,10-12,15H,6-9,13,21H2,1H3,(H3,22,23);1H. The Kier molecular flexibility index (Phi) is 7.80. The van der Waals surface area contributed by atoms with Crippen molar-refractivity contribution in [1.82, 2.24) is 4.90 Å². The number of nitrogens with two attached hydrogens (primary N) is 2. The van der Waals surface area contributed by atoms with Crippen LogP contribution in [0.25, 0.3) is 0 Å². The summed E-state index contributed by atoms with van der Waals surface area (Å²) in [6.07, 6.45) is 1.78. The molecule has 30 heavy (non-hydrogen) atoms. The maximum absolute atomic E-state index is 12.5. The monoisotopic (exact) mass is 454 g/mol. The van der Waals surface area contributed by atoms with E-state index in [1.165, 1.54) is 24.3 Å². The van der Waals surface area contributed by atoms with Crippen LogP contribution in [0.2, 0.25) is 0 Å². The molecule has 0 radical (unpaired) electrons. The third-order valence-corrected chi connectivity index (χ3v) is 6.10. The van der Waals surface area contributed by atoms with Gasteiger partial charge in [0.25, 0.3) is 0 Å². The van der Waals surface area contributed by atoms with E-state index < -0.39 is 10.1 Å². The molecule has 0 saturated carbocycles. The number of aryl methyl sites for hydroxylation is 1. The van der Waals surface area contributed by atoms with E-state index in [9.17, 15) is 8.42 Å². The first-order chi connectivity index (χ1) is 13.7. The predicted molar refractivity (Wildman–Crippen MR) is 119 cm³/mol. The fourth-order valence-corrected chi connectivity index (χ4v) is 4.12. The van der Waals surface area contributed by atoms with Gasteiger partial charge in [-0.15, -0.1) is 12.4 Å². The number of nitrogens with one attached hydrogen (secondary N) is 1. The van der Waals surface area contributed by atoms with Gasteiger partial charge in [0.05, 0.1) is 6.61 Å². The second-order valence-electron chi connectivity index (χ2n) is 7.21. The summed E-state index contributed by atoms with van der Waals surface area (Å²) in [5, 5.41) is 7.49. The number of nitrogens with zero attached hydrogens (tertiary/aromatic N) is 1. The van der Waals surface area contributed by atoms with Crippen molar-refractivity contribution in [3.8, 4) is 11.5 Å². The molecule has 1 saturated heterocycles. The van der Waals surface area contributed by atoms with E-state index in [1.54, 1.807) is 12.1 Å². The molecule has 2 aromatic rings. The quantitative estimate of drug-likeness (QED) is 0.264. The Morgan fingerprint density at radius 3 is 2.33 bits per heavy atom. The van der Waals surface area contributed by atoms with E-state index >= 15 is 0 Å². The lowest BCUT2D eigenvalue weighted by atomic mass is 9.98. The van der Waals surface area contributed by atoms with Crippen molar-refractivity contribution in [2.75, 3.05) is 25.4 Å². The van der Waals surface area contributed by atoms with Crippen LogP contribution in [0.5, 0.6) is 11.5 Å². The predicted octanol–water partition coefficient (Wildman–Crippen LogP) is 2.75. The number of hydrogen-bond donors (Lipinski definition) is 3. The van der Waals surface area contributed by atoms with E-state index in [2.05, 4.69) is 0 Å². The Bertz CT molecular complexity index is 975. The summed E-state index contributed by atoms with van der Waals surface area (Å²) in [6.45, 7) is 3.84. The fourth-order valence-electron chi connectivity index (χ4n) is 3.21. The third kappa shape index (κ3) is 6.17. The molecule has 8 nitrogen and oxygen atoms in total. The van der Waals surface area contributed by atoms with Crippen LogP contribution in [-0.4, -0.2) is 39.0 Å². The van der Waals surface area contributed by atoms with Crippen LogP contribution in [0.3, 0.4) is 0 Å². The first-order valence-electron chi connectivity index (χ1n) is 9.36. The van der Waals surface area contributed by atoms with E-state index in [0.29, 0.717) is 24.0 Å². The summed E-state index contributed by atoms with van der Waals surface area (Å²) < 4.78 is 36.2. The maximum Gasteiger partial charge on any atom is 0.339 e. The van der Waals surface area contributed by atoms with Gasteiger partial charge in [-0.3, -0.25) is 5.41 Å². The summed E-state index contributed by atoms with van der Waals surface area (Å²) in [5.41, 5.74) is 12.4. The summed E-state index contributed by atoms with van der Waals surface area (Å²) in [7, 11) is -3.96. The summed E-state index contributed by atoms with van der Waals surface area (Å²) in [6, 6.07) is 10.9. The zero-order valence-electron chi connectivity index (χ0n) is 16.7. The summed E-state index contributed by atoms with van der Waals surface area (Å²) in [4.78, 5) is 1.88. The number of anilines is 1. The van der Waals surface area contributed by atoms with E-state index in [0.717, 1.165) is 31.5 Å². The second-order valence-corrected chi connectivity index (χ2v) is 8.76. The van der Waals surface area contributed by atoms with Gasteiger partial charge in [-0.25, -0.2) is 0 Å². The van der Waals surface area contributed by atoms with Crippen LogP contribution in [0.1, 0.15) is 18.4 Å². The minimum Gasteiger partial charge on any atom is -0.493 e. The molecule has 1 fully saturated rings. The highest BCUT2D eigenvalue weighted by atomic mass is 35.5. The van der Waals surface area contributed by atoms with Crippen molar-refractivity contribution in [3.05, 3.63) is 48.0 Å². The largest absolute Gasteiger partial charge is 0.493 e. The molecule has 2 aromatic carbocycles. The molecule has 0 atom stereocenters. The maximum atomic E-state index is 12.5. The number of ether oxygens (including phenoxy) is 1. The van der Waals surface area contributed by atoms with Gasteiger partial charge in [0.15, 0.2) is 5.96 Å². The van der Waals surface area contributed by atoms with Crippen molar-refractivity contribution in [2.24, 2.45) is 11.7 Å². The number of benzene rings is 2. The zero-order valence-corrected chi connectivity index (χ0v) is 18.3. The molecule has 0 aromatic heterocycles. The molecule has 1 heterocycles. The van der Waals surface area contributed by atoms with Crippen LogP contribution >= 0.6 is 12.4 Å². The molecule has 164 valence electrons. The Labute approximate surface area is 183 Å². The van der Waals surface area contributed by atoms with Crippen LogP contribution in [0, 0.1) is 18.3 Å². The lowest BCUT2D eigenvalue weighted by molar-refractivity contribution is 0.180. The highest BCUT2D eigenvalue weighted by Gasteiger charge is 2.21. The van der Waals surface area contributed by atoms with Gasteiger partial charge < -0.3 is 25.3 Å². The van der Waals surface area contributed by atoms with Crippen LogP contribution < -0.4 is 20.4 Å². The first-order valence-corrected chi connectivity index (χ1v) is 10.8. The molecular formula is C20H27ClN4O4S. The third-order valence-electron chi connectivity index (χ3n) is 4.84. The SMILES string of the molecule is Cc1cc(OCC2CCN(C(=N)N)CC2)cc(OS(=O)(=O)c2ccc(N)cc2)c1.Cl. The van der Waals surface area contributed by atoms with E-state index in [-0.39, 0.29) is 29.0 Å². The van der Waals surface area contributed by atoms with Crippen LogP contribution in [-0.2, 0) is 10.1 Å². The van der Waals surface area contributed by atoms with Crippen molar-refractivity contribution in [2.45, 2.75) is 24.7 Å². The molecule has 0 unspecified atom stereocenters. The van der Waals surface area contributed by atoms with Crippen LogP contribution in [0.4, 0.5) is 5.69 Å². The van der Waals surface area contributed by atoms with Crippen molar-refractivity contribution >= 4 is 34.2 Å². The van der Waals surface area contributed by atoms with Crippen molar-refractivity contribution in [1.29, 1.82) is 5.41 Å². The van der Waals surface area contributed by atoms with Gasteiger partial charge in [0, 0.05) is 24.8 Å². The van der Waals surface area contributed by atoms with E-state index in [4.69, 9.17) is 25.8 Å². The number of rotatable bonds is 6. The molecule has 1 aliphatic heterocycles. The van der Waals surface area contributed by atoms with Crippen molar-refractivity contribution < 1.29 is 17.3 Å². The highest BCUT2D eigenvalue weighted by Crippen LogP contribution is 2.27. The van der Waals surface area contributed by atoms with E-state index in [1.807, 2.05) is 17.9 Å². The minimum atomic E-state index is -3.96. The second kappa shape index (κ2) is 9.90. The van der Waals surface area contributed by atoms with Gasteiger partial charge in [-0.05, 0) is 67.6 Å². The van der Waals surface area contributed by atoms with Crippen LogP contribution in [0.15, 0.2) is 47.4 Å². The molecular weight excluding hydrogens is 428 g/mol. The molecule has 1 aliphatic rings. The van der Waals surface area contributed by atoms with Crippen molar-refractivity contribution in [3.63, 3.8) is 0 Å². The molecule has 0 amide bonds. The molecule has 0 bridgehead atoms. The summed E-state index contributed by atoms with van der Waals surface area (Å²) in [5.74, 6) is 1.21. The Morgan fingerprint density at radius 1 is 1.13 bits per heavy atom. The average molecular weight is 455 g/mol. The topological polar surface area (TPSA) is 132 Å². The molecule has 0 spiro atoms. The Hall–Kier alpha value is -2.65. The lowest BCUT2D eigenvalue weighted by Crippen LogP contribution is -2.43.